The molecule has 5 nitrogen and oxygen atoms in total. The highest BCUT2D eigenvalue weighted by molar-refractivity contribution is 7.90. The Balaban J connectivity index is 3.60. The zero-order valence-electron chi connectivity index (χ0n) is 12.2. The van der Waals surface area contributed by atoms with Crippen molar-refractivity contribution in [3.8, 4) is 11.5 Å². The van der Waals surface area contributed by atoms with Crippen LogP contribution in [0.2, 0.25) is 0 Å². The topological polar surface area (TPSA) is 69.7 Å². The number of ketones is 1. The van der Waals surface area contributed by atoms with E-state index in [9.17, 15) is 13.2 Å². The summed E-state index contributed by atoms with van der Waals surface area (Å²) in [4.78, 5) is 11.3. The first-order chi connectivity index (χ1) is 9.20. The van der Waals surface area contributed by atoms with Gasteiger partial charge in [0.25, 0.3) is 0 Å². The number of rotatable bonds is 5. The van der Waals surface area contributed by atoms with Crippen molar-refractivity contribution in [2.24, 2.45) is 0 Å². The van der Waals surface area contributed by atoms with E-state index in [1.807, 2.05) is 0 Å². The molecule has 0 aliphatic rings. The molecule has 0 heterocycles. The fourth-order valence-electron chi connectivity index (χ4n) is 1.66. The highest BCUT2D eigenvalue weighted by atomic mass is 32.2. The maximum absolute atomic E-state index is 11.8. The number of ether oxygens (including phenoxy) is 2. The van der Waals surface area contributed by atoms with Crippen LogP contribution >= 0.6 is 0 Å². The van der Waals surface area contributed by atoms with Crippen LogP contribution < -0.4 is 9.47 Å². The zero-order valence-corrected chi connectivity index (χ0v) is 13.0. The van der Waals surface area contributed by atoms with E-state index < -0.39 is 9.84 Å². The van der Waals surface area contributed by atoms with Gasteiger partial charge >= 0.3 is 0 Å². The summed E-state index contributed by atoms with van der Waals surface area (Å²) in [5, 5.41) is 0. The van der Waals surface area contributed by atoms with E-state index in [1.54, 1.807) is 19.1 Å². The molecule has 0 aliphatic heterocycles. The van der Waals surface area contributed by atoms with Gasteiger partial charge in [-0.3, -0.25) is 4.79 Å². The Morgan fingerprint density at radius 1 is 1.15 bits per heavy atom. The Hall–Kier alpha value is -1.82. The number of benzene rings is 1. The zero-order chi connectivity index (χ0) is 15.5. The summed E-state index contributed by atoms with van der Waals surface area (Å²) in [6, 6.07) is 3.09. The van der Waals surface area contributed by atoms with E-state index in [-0.39, 0.29) is 16.4 Å². The van der Waals surface area contributed by atoms with Crippen molar-refractivity contribution in [3.63, 3.8) is 0 Å². The predicted octanol–water partition coefficient (Wildman–Crippen LogP) is 2.10. The first-order valence-corrected chi connectivity index (χ1v) is 7.75. The third kappa shape index (κ3) is 3.60. The van der Waals surface area contributed by atoms with Gasteiger partial charge in [-0.15, -0.1) is 0 Å². The number of carbonyl (C=O) groups is 1. The van der Waals surface area contributed by atoms with Crippen molar-refractivity contribution in [2.45, 2.75) is 18.7 Å². The third-order valence-corrected chi connectivity index (χ3v) is 3.91. The van der Waals surface area contributed by atoms with Crippen molar-refractivity contribution >= 4 is 21.7 Å². The molecule has 0 radical (unpaired) electrons. The summed E-state index contributed by atoms with van der Waals surface area (Å²) in [6.07, 6.45) is 2.70. The predicted molar refractivity (Wildman–Crippen MR) is 77.0 cm³/mol. The number of methoxy groups -OCH3 is 2. The molecule has 0 unspecified atom stereocenters. The normalized spacial score (nSPS) is 12.2. The molecule has 0 saturated heterocycles. The summed E-state index contributed by atoms with van der Waals surface area (Å²) in [5.41, 5.74) is 1.09. The highest BCUT2D eigenvalue weighted by Gasteiger charge is 2.19. The number of hydrogen-bond donors (Lipinski definition) is 0. The molecular formula is C14H18O5S. The smallest absolute Gasteiger partial charge is 0.179 e. The molecule has 1 aromatic carbocycles. The summed E-state index contributed by atoms with van der Waals surface area (Å²) < 4.78 is 33.9. The molecule has 0 bridgehead atoms. The highest BCUT2D eigenvalue weighted by Crippen LogP contribution is 2.36. The van der Waals surface area contributed by atoms with E-state index in [4.69, 9.17) is 9.47 Å². The molecule has 0 atom stereocenters. The maximum Gasteiger partial charge on any atom is 0.179 e. The monoisotopic (exact) mass is 298 g/mol. The fourth-order valence-corrected chi connectivity index (χ4v) is 2.53. The van der Waals surface area contributed by atoms with Gasteiger partial charge in [0.15, 0.2) is 27.1 Å². The molecule has 0 spiro atoms. The van der Waals surface area contributed by atoms with Crippen molar-refractivity contribution in [2.75, 3.05) is 20.5 Å². The number of allylic oxidation sites excluding steroid dienone is 1. The second-order valence-electron chi connectivity index (χ2n) is 4.41. The molecular weight excluding hydrogens is 280 g/mol. The van der Waals surface area contributed by atoms with Crippen LogP contribution in [0, 0.1) is 0 Å². The Morgan fingerprint density at radius 2 is 1.75 bits per heavy atom. The molecule has 0 aromatic heterocycles. The van der Waals surface area contributed by atoms with Crippen LogP contribution in [0.15, 0.2) is 22.6 Å². The molecule has 110 valence electrons. The minimum atomic E-state index is -3.48. The van der Waals surface area contributed by atoms with Crippen molar-refractivity contribution < 1.29 is 22.7 Å². The van der Waals surface area contributed by atoms with Crippen LogP contribution in [-0.4, -0.2) is 34.7 Å². The Kier molecular flexibility index (Phi) is 4.94. The van der Waals surface area contributed by atoms with Crippen LogP contribution in [0.1, 0.15) is 19.4 Å². The first-order valence-electron chi connectivity index (χ1n) is 5.86. The second kappa shape index (κ2) is 6.09. The average Bonchev–Trinajstić information content (AvgIpc) is 2.36. The van der Waals surface area contributed by atoms with Gasteiger partial charge in [0.2, 0.25) is 0 Å². The fraction of sp³-hybridized carbons (Fsp3) is 0.357. The minimum absolute atomic E-state index is 0.0296. The van der Waals surface area contributed by atoms with Crippen LogP contribution in [0.5, 0.6) is 11.5 Å². The van der Waals surface area contributed by atoms with Gasteiger partial charge in [-0.2, -0.15) is 0 Å². The Labute approximate surface area is 119 Å². The van der Waals surface area contributed by atoms with E-state index in [2.05, 4.69) is 0 Å². The van der Waals surface area contributed by atoms with Crippen LogP contribution in [0.4, 0.5) is 0 Å². The number of sulfone groups is 1. The van der Waals surface area contributed by atoms with E-state index >= 15 is 0 Å². The molecule has 0 fully saturated rings. The number of hydrogen-bond acceptors (Lipinski definition) is 5. The van der Waals surface area contributed by atoms with Crippen LogP contribution in [-0.2, 0) is 14.6 Å². The molecule has 20 heavy (non-hydrogen) atoms. The molecule has 1 rings (SSSR count). The average molecular weight is 298 g/mol. The second-order valence-corrected chi connectivity index (χ2v) is 6.39. The molecule has 0 N–H and O–H groups in total. The van der Waals surface area contributed by atoms with Crippen LogP contribution in [0.3, 0.4) is 0 Å². The van der Waals surface area contributed by atoms with Gasteiger partial charge < -0.3 is 9.47 Å². The lowest BCUT2D eigenvalue weighted by atomic mass is 10.1. The van der Waals surface area contributed by atoms with Gasteiger partial charge in [0, 0.05) is 6.26 Å². The lowest BCUT2D eigenvalue weighted by molar-refractivity contribution is -0.113. The summed E-state index contributed by atoms with van der Waals surface area (Å²) in [5.74, 6) is 0.381. The van der Waals surface area contributed by atoms with Crippen molar-refractivity contribution in [3.05, 3.63) is 23.3 Å². The Bertz CT molecular complexity index is 656. The molecule has 0 amide bonds. The molecule has 0 saturated carbocycles. The van der Waals surface area contributed by atoms with Gasteiger partial charge in [0.1, 0.15) is 4.90 Å². The number of carbonyl (C=O) groups excluding carboxylic acids is 1. The van der Waals surface area contributed by atoms with Gasteiger partial charge in [0.05, 0.1) is 14.2 Å². The van der Waals surface area contributed by atoms with Gasteiger partial charge in [-0.1, -0.05) is 0 Å². The lowest BCUT2D eigenvalue weighted by Gasteiger charge is -2.13. The summed E-state index contributed by atoms with van der Waals surface area (Å²) in [6.45, 7) is 3.11. The van der Waals surface area contributed by atoms with Crippen molar-refractivity contribution in [1.82, 2.24) is 0 Å². The first kappa shape index (κ1) is 16.2. The minimum Gasteiger partial charge on any atom is -0.493 e. The number of Topliss-reactive ketones (excluding diaryl/α,β-unsaturated/α-hetero) is 1. The van der Waals surface area contributed by atoms with E-state index in [1.165, 1.54) is 27.2 Å². The van der Waals surface area contributed by atoms with Gasteiger partial charge in [-0.25, -0.2) is 8.42 Å². The molecule has 1 aromatic rings. The molecule has 0 aliphatic carbocycles. The largest absolute Gasteiger partial charge is 0.493 e. The SMILES string of the molecule is COc1cc(C=C(C)C(C)=O)cc(S(C)(=O)=O)c1OC. The van der Waals surface area contributed by atoms with E-state index in [0.29, 0.717) is 16.9 Å². The van der Waals surface area contributed by atoms with E-state index in [0.717, 1.165) is 6.26 Å². The van der Waals surface area contributed by atoms with Crippen molar-refractivity contribution in [1.29, 1.82) is 0 Å². The third-order valence-electron chi connectivity index (χ3n) is 2.81. The van der Waals surface area contributed by atoms with Crippen LogP contribution in [0.25, 0.3) is 6.08 Å². The molecule has 6 heteroatoms. The standard InChI is InChI=1S/C14H18O5S/c1-9(10(2)15)6-11-7-12(18-3)14(19-4)13(8-11)20(5,16)17/h6-8H,1-5H3. The summed E-state index contributed by atoms with van der Waals surface area (Å²) >= 11 is 0. The maximum atomic E-state index is 11.8. The Morgan fingerprint density at radius 3 is 2.15 bits per heavy atom. The lowest BCUT2D eigenvalue weighted by Crippen LogP contribution is -2.03. The summed E-state index contributed by atoms with van der Waals surface area (Å²) in [7, 11) is -0.672. The van der Waals surface area contributed by atoms with Gasteiger partial charge in [-0.05, 0) is 43.2 Å². The quantitative estimate of drug-likeness (QED) is 0.779.